The van der Waals surface area contributed by atoms with Gasteiger partial charge in [0.1, 0.15) is 5.75 Å². The molecule has 0 aliphatic carbocycles. The van der Waals surface area contributed by atoms with Gasteiger partial charge in [0.05, 0.1) is 6.61 Å². The number of rotatable bonds is 6. The van der Waals surface area contributed by atoms with Crippen LogP contribution in [0.15, 0.2) is 18.2 Å². The van der Waals surface area contributed by atoms with Gasteiger partial charge in [-0.2, -0.15) is 0 Å². The molecule has 19 heavy (non-hydrogen) atoms. The fraction of sp³-hybridized carbons (Fsp3) is 0.600. The lowest BCUT2D eigenvalue weighted by Crippen LogP contribution is -2.32. The molecule has 0 saturated heterocycles. The average Bonchev–Trinajstić information content (AvgIpc) is 2.49. The van der Waals surface area contributed by atoms with Crippen LogP contribution in [-0.2, 0) is 21.7 Å². The van der Waals surface area contributed by atoms with Crippen LogP contribution in [0.25, 0.3) is 0 Å². The van der Waals surface area contributed by atoms with Crippen molar-refractivity contribution in [2.24, 2.45) is 5.73 Å². The normalized spacial score (nSPS) is 14.9. The molecule has 4 heteroatoms. The minimum atomic E-state index is -0.703. The van der Waals surface area contributed by atoms with Gasteiger partial charge in [0.15, 0.2) is 5.79 Å². The lowest BCUT2D eigenvalue weighted by Gasteiger charge is -2.32. The molecule has 0 aromatic heterocycles. The SMILES string of the molecule is COC(CCCN)(OC)c1ccc2c(c1)CCCO2. The van der Waals surface area contributed by atoms with Gasteiger partial charge >= 0.3 is 0 Å². The van der Waals surface area contributed by atoms with Gasteiger partial charge in [-0.05, 0) is 49.6 Å². The summed E-state index contributed by atoms with van der Waals surface area (Å²) >= 11 is 0. The number of nitrogens with two attached hydrogens (primary N) is 1. The van der Waals surface area contributed by atoms with Gasteiger partial charge in [-0.15, -0.1) is 0 Å². The maximum absolute atomic E-state index is 5.65. The first-order chi connectivity index (χ1) is 9.25. The van der Waals surface area contributed by atoms with Gasteiger partial charge in [-0.1, -0.05) is 0 Å². The smallest absolute Gasteiger partial charge is 0.194 e. The van der Waals surface area contributed by atoms with E-state index in [0.29, 0.717) is 6.54 Å². The molecule has 0 atom stereocenters. The van der Waals surface area contributed by atoms with E-state index in [1.54, 1.807) is 14.2 Å². The molecule has 0 bridgehead atoms. The van der Waals surface area contributed by atoms with E-state index in [1.165, 1.54) is 5.56 Å². The number of hydrogen-bond acceptors (Lipinski definition) is 4. The Morgan fingerprint density at radius 3 is 2.79 bits per heavy atom. The molecule has 1 aliphatic rings. The zero-order chi connectivity index (χ0) is 13.7. The van der Waals surface area contributed by atoms with Crippen LogP contribution in [0.2, 0.25) is 0 Å². The second kappa shape index (κ2) is 6.37. The molecule has 0 fully saturated rings. The van der Waals surface area contributed by atoms with Gasteiger partial charge in [-0.25, -0.2) is 0 Å². The zero-order valence-electron chi connectivity index (χ0n) is 11.8. The third-order valence-electron chi connectivity index (χ3n) is 3.72. The molecule has 0 amide bonds. The fourth-order valence-electron chi connectivity index (χ4n) is 2.60. The number of benzene rings is 1. The van der Waals surface area contributed by atoms with Gasteiger partial charge in [0, 0.05) is 26.2 Å². The summed E-state index contributed by atoms with van der Waals surface area (Å²) in [5.74, 6) is 0.279. The molecule has 0 radical (unpaired) electrons. The number of hydrogen-bond donors (Lipinski definition) is 1. The molecule has 1 aliphatic heterocycles. The first kappa shape index (κ1) is 14.3. The molecule has 1 heterocycles. The summed E-state index contributed by atoms with van der Waals surface area (Å²) < 4.78 is 16.9. The van der Waals surface area contributed by atoms with Crippen molar-refractivity contribution < 1.29 is 14.2 Å². The largest absolute Gasteiger partial charge is 0.493 e. The van der Waals surface area contributed by atoms with Gasteiger partial charge in [-0.3, -0.25) is 0 Å². The number of aryl methyl sites for hydroxylation is 1. The first-order valence-corrected chi connectivity index (χ1v) is 6.82. The van der Waals surface area contributed by atoms with Crippen molar-refractivity contribution in [2.75, 3.05) is 27.4 Å². The Morgan fingerprint density at radius 1 is 1.32 bits per heavy atom. The van der Waals surface area contributed by atoms with Gasteiger partial charge in [0.2, 0.25) is 0 Å². The van der Waals surface area contributed by atoms with Crippen molar-refractivity contribution in [3.63, 3.8) is 0 Å². The Labute approximate surface area is 114 Å². The standard InChI is InChI=1S/C15H23NO3/c1-17-15(18-2,8-4-9-16)13-6-7-14-12(11-13)5-3-10-19-14/h6-7,11H,3-5,8-10,16H2,1-2H3. The predicted octanol–water partition coefficient (Wildman–Crippen LogP) is 2.20. The Kier molecular flexibility index (Phi) is 4.80. The summed E-state index contributed by atoms with van der Waals surface area (Å²) in [4.78, 5) is 0. The van der Waals surface area contributed by atoms with Crippen molar-refractivity contribution in [3.8, 4) is 5.75 Å². The van der Waals surface area contributed by atoms with E-state index in [4.69, 9.17) is 19.9 Å². The average molecular weight is 265 g/mol. The number of fused-ring (bicyclic) bond motifs is 1. The molecule has 0 spiro atoms. The summed E-state index contributed by atoms with van der Waals surface area (Å²) in [7, 11) is 3.35. The quantitative estimate of drug-likeness (QED) is 0.801. The summed E-state index contributed by atoms with van der Waals surface area (Å²) in [5.41, 5.74) is 7.87. The van der Waals surface area contributed by atoms with Crippen LogP contribution in [-0.4, -0.2) is 27.4 Å². The Hall–Kier alpha value is -1.10. The van der Waals surface area contributed by atoms with Crippen LogP contribution in [0.3, 0.4) is 0 Å². The van der Waals surface area contributed by atoms with Crippen molar-refractivity contribution in [1.29, 1.82) is 0 Å². The zero-order valence-corrected chi connectivity index (χ0v) is 11.8. The first-order valence-electron chi connectivity index (χ1n) is 6.82. The van der Waals surface area contributed by atoms with E-state index in [0.717, 1.165) is 43.6 Å². The van der Waals surface area contributed by atoms with E-state index in [2.05, 4.69) is 6.07 Å². The summed E-state index contributed by atoms with van der Waals surface area (Å²) in [5, 5.41) is 0. The highest BCUT2D eigenvalue weighted by atomic mass is 16.7. The molecular formula is C15H23NO3. The summed E-state index contributed by atoms with van der Waals surface area (Å²) in [6.45, 7) is 1.43. The maximum atomic E-state index is 5.65. The molecule has 0 unspecified atom stereocenters. The van der Waals surface area contributed by atoms with Crippen LogP contribution in [0.5, 0.6) is 5.75 Å². The topological polar surface area (TPSA) is 53.7 Å². The minimum Gasteiger partial charge on any atom is -0.493 e. The minimum absolute atomic E-state index is 0.628. The van der Waals surface area contributed by atoms with Crippen LogP contribution in [0.4, 0.5) is 0 Å². The molecular weight excluding hydrogens is 242 g/mol. The molecule has 1 aromatic rings. The number of ether oxygens (including phenoxy) is 3. The van der Waals surface area contributed by atoms with Crippen LogP contribution in [0, 0.1) is 0 Å². The highest BCUT2D eigenvalue weighted by molar-refractivity contribution is 5.40. The van der Waals surface area contributed by atoms with Crippen molar-refractivity contribution >= 4 is 0 Å². The van der Waals surface area contributed by atoms with Crippen molar-refractivity contribution in [2.45, 2.75) is 31.5 Å². The van der Waals surface area contributed by atoms with E-state index in [-0.39, 0.29) is 0 Å². The van der Waals surface area contributed by atoms with E-state index in [1.807, 2.05) is 12.1 Å². The van der Waals surface area contributed by atoms with Crippen LogP contribution < -0.4 is 10.5 Å². The van der Waals surface area contributed by atoms with Crippen LogP contribution in [0.1, 0.15) is 30.4 Å². The number of methoxy groups -OCH3 is 2. The maximum Gasteiger partial charge on any atom is 0.194 e. The van der Waals surface area contributed by atoms with Crippen LogP contribution >= 0.6 is 0 Å². The highest BCUT2D eigenvalue weighted by Crippen LogP contribution is 2.35. The summed E-state index contributed by atoms with van der Waals surface area (Å²) in [6, 6.07) is 6.17. The second-order valence-corrected chi connectivity index (χ2v) is 4.83. The second-order valence-electron chi connectivity index (χ2n) is 4.83. The monoisotopic (exact) mass is 265 g/mol. The van der Waals surface area contributed by atoms with Gasteiger partial charge < -0.3 is 19.9 Å². The molecule has 2 rings (SSSR count). The van der Waals surface area contributed by atoms with E-state index in [9.17, 15) is 0 Å². The highest BCUT2D eigenvalue weighted by Gasteiger charge is 2.32. The Balaban J connectivity index is 2.30. The van der Waals surface area contributed by atoms with E-state index < -0.39 is 5.79 Å². The molecule has 1 aromatic carbocycles. The Morgan fingerprint density at radius 2 is 2.11 bits per heavy atom. The molecule has 106 valence electrons. The van der Waals surface area contributed by atoms with Crippen molar-refractivity contribution in [3.05, 3.63) is 29.3 Å². The van der Waals surface area contributed by atoms with E-state index >= 15 is 0 Å². The molecule has 2 N–H and O–H groups in total. The third kappa shape index (κ3) is 2.91. The fourth-order valence-corrected chi connectivity index (χ4v) is 2.60. The summed E-state index contributed by atoms with van der Waals surface area (Å²) in [6.07, 6.45) is 3.71. The van der Waals surface area contributed by atoms with Crippen molar-refractivity contribution in [1.82, 2.24) is 0 Å². The van der Waals surface area contributed by atoms with Gasteiger partial charge in [0.25, 0.3) is 0 Å². The molecule has 4 nitrogen and oxygen atoms in total. The predicted molar refractivity (Wildman–Crippen MR) is 74.2 cm³/mol. The lowest BCUT2D eigenvalue weighted by atomic mass is 9.95. The third-order valence-corrected chi connectivity index (χ3v) is 3.72. The Bertz CT molecular complexity index is 416. The lowest BCUT2D eigenvalue weighted by molar-refractivity contribution is -0.220. The molecule has 0 saturated carbocycles.